The molecule has 1 aromatic heterocycles. The largest absolute Gasteiger partial charge is 0.480 e. The molecule has 1 atom stereocenters. The van der Waals surface area contributed by atoms with E-state index in [-0.39, 0.29) is 18.1 Å². The smallest absolute Gasteiger partial charge is 0.325 e. The molecule has 1 N–H and O–H groups in total. The van der Waals surface area contributed by atoms with Crippen LogP contribution in [0.25, 0.3) is 0 Å². The SMILES string of the molecule is CCS(=O)(=O)CCN1CCc2sccc2C1C(=O)O. The summed E-state index contributed by atoms with van der Waals surface area (Å²) in [6, 6.07) is 1.13. The van der Waals surface area contributed by atoms with Crippen molar-refractivity contribution in [3.8, 4) is 0 Å². The molecule has 0 fully saturated rings. The van der Waals surface area contributed by atoms with Gasteiger partial charge in [-0.2, -0.15) is 0 Å². The normalized spacial score (nSPS) is 20.2. The van der Waals surface area contributed by atoms with Crippen molar-refractivity contribution in [2.75, 3.05) is 24.6 Å². The summed E-state index contributed by atoms with van der Waals surface area (Å²) < 4.78 is 23.1. The summed E-state index contributed by atoms with van der Waals surface area (Å²) in [7, 11) is -3.06. The summed E-state index contributed by atoms with van der Waals surface area (Å²) in [4.78, 5) is 14.3. The van der Waals surface area contributed by atoms with Crippen LogP contribution in [0.2, 0.25) is 0 Å². The molecule has 1 aliphatic heterocycles. The fraction of sp³-hybridized carbons (Fsp3) is 0.583. The standard InChI is InChI=1S/C12H17NO4S2/c1-2-19(16,17)8-6-13-5-3-10-9(4-7-18-10)11(13)12(14)15/h4,7,11H,2-3,5-6,8H2,1H3,(H,14,15). The second kappa shape index (κ2) is 5.60. The number of aliphatic carboxylic acids is 1. The van der Waals surface area contributed by atoms with Crippen LogP contribution in [0.4, 0.5) is 0 Å². The average molecular weight is 303 g/mol. The number of carboxylic acids is 1. The van der Waals surface area contributed by atoms with Crippen LogP contribution in [-0.2, 0) is 21.1 Å². The Morgan fingerprint density at radius 2 is 2.32 bits per heavy atom. The topological polar surface area (TPSA) is 74.7 Å². The molecule has 106 valence electrons. The Balaban J connectivity index is 2.16. The highest BCUT2D eigenvalue weighted by molar-refractivity contribution is 7.91. The van der Waals surface area contributed by atoms with E-state index in [4.69, 9.17) is 0 Å². The zero-order valence-electron chi connectivity index (χ0n) is 10.7. The number of carbonyl (C=O) groups is 1. The third-order valence-corrected chi connectivity index (χ3v) is 6.11. The van der Waals surface area contributed by atoms with Gasteiger partial charge in [-0.1, -0.05) is 6.92 Å². The first-order chi connectivity index (χ1) is 8.94. The van der Waals surface area contributed by atoms with Crippen LogP contribution in [0.3, 0.4) is 0 Å². The van der Waals surface area contributed by atoms with Gasteiger partial charge in [0.25, 0.3) is 0 Å². The molecule has 2 rings (SSSR count). The number of nitrogens with zero attached hydrogens (tertiary/aromatic N) is 1. The van der Waals surface area contributed by atoms with Gasteiger partial charge in [0, 0.05) is 23.7 Å². The second-order valence-corrected chi connectivity index (χ2v) is 8.04. The van der Waals surface area contributed by atoms with E-state index in [1.54, 1.807) is 23.2 Å². The lowest BCUT2D eigenvalue weighted by atomic mass is 10.0. The molecule has 7 heteroatoms. The molecule has 0 saturated heterocycles. The molecular formula is C12H17NO4S2. The summed E-state index contributed by atoms with van der Waals surface area (Å²) in [5.41, 5.74) is 0.817. The van der Waals surface area contributed by atoms with Gasteiger partial charge in [-0.25, -0.2) is 8.42 Å². The van der Waals surface area contributed by atoms with Gasteiger partial charge in [0.15, 0.2) is 9.84 Å². The van der Waals surface area contributed by atoms with E-state index in [0.717, 1.165) is 16.9 Å². The number of fused-ring (bicyclic) bond motifs is 1. The summed E-state index contributed by atoms with van der Waals surface area (Å²) in [5, 5.41) is 11.3. The molecule has 0 amide bonds. The number of carboxylic acid groups (broad SMARTS) is 1. The summed E-state index contributed by atoms with van der Waals surface area (Å²) >= 11 is 1.57. The summed E-state index contributed by atoms with van der Waals surface area (Å²) in [6.07, 6.45) is 0.795. The van der Waals surface area contributed by atoms with Gasteiger partial charge in [0.1, 0.15) is 6.04 Å². The molecule has 0 spiro atoms. The Morgan fingerprint density at radius 1 is 1.58 bits per heavy atom. The number of thiophene rings is 1. The van der Waals surface area contributed by atoms with Crippen molar-refractivity contribution in [2.24, 2.45) is 0 Å². The van der Waals surface area contributed by atoms with E-state index in [2.05, 4.69) is 0 Å². The van der Waals surface area contributed by atoms with Gasteiger partial charge in [-0.15, -0.1) is 11.3 Å². The van der Waals surface area contributed by atoms with Crippen molar-refractivity contribution in [2.45, 2.75) is 19.4 Å². The van der Waals surface area contributed by atoms with Gasteiger partial charge in [0.2, 0.25) is 0 Å². The predicted octanol–water partition coefficient (Wildman–Crippen LogP) is 1.17. The molecule has 1 unspecified atom stereocenters. The van der Waals surface area contributed by atoms with Gasteiger partial charge >= 0.3 is 5.97 Å². The minimum atomic E-state index is -3.06. The van der Waals surface area contributed by atoms with E-state index in [9.17, 15) is 18.3 Å². The van der Waals surface area contributed by atoms with Crippen LogP contribution in [0.15, 0.2) is 11.4 Å². The highest BCUT2D eigenvalue weighted by atomic mass is 32.2. The Bertz CT molecular complexity index is 564. The van der Waals surface area contributed by atoms with Crippen LogP contribution >= 0.6 is 11.3 Å². The van der Waals surface area contributed by atoms with E-state index < -0.39 is 21.8 Å². The highest BCUT2D eigenvalue weighted by Gasteiger charge is 2.33. The average Bonchev–Trinajstić information content (AvgIpc) is 2.83. The van der Waals surface area contributed by atoms with Crippen molar-refractivity contribution in [3.05, 3.63) is 21.9 Å². The molecule has 5 nitrogen and oxygen atoms in total. The quantitative estimate of drug-likeness (QED) is 0.883. The maximum absolute atomic E-state index is 11.5. The van der Waals surface area contributed by atoms with Gasteiger partial charge < -0.3 is 5.11 Å². The molecule has 0 aliphatic carbocycles. The number of hydrogen-bond donors (Lipinski definition) is 1. The zero-order valence-corrected chi connectivity index (χ0v) is 12.3. The third kappa shape index (κ3) is 3.16. The Kier molecular flexibility index (Phi) is 4.27. The molecule has 19 heavy (non-hydrogen) atoms. The van der Waals surface area contributed by atoms with Crippen molar-refractivity contribution in [3.63, 3.8) is 0 Å². The molecule has 1 aliphatic rings. The fourth-order valence-electron chi connectivity index (χ4n) is 2.30. The lowest BCUT2D eigenvalue weighted by Gasteiger charge is -2.32. The molecule has 0 saturated carbocycles. The fourth-order valence-corrected chi connectivity index (χ4v) is 4.00. The molecule has 0 bridgehead atoms. The maximum Gasteiger partial charge on any atom is 0.325 e. The first kappa shape index (κ1) is 14.5. The summed E-state index contributed by atoms with van der Waals surface area (Å²) in [6.45, 7) is 2.49. The Morgan fingerprint density at radius 3 is 2.95 bits per heavy atom. The molecule has 0 radical (unpaired) electrons. The minimum absolute atomic E-state index is 0.0206. The van der Waals surface area contributed by atoms with Gasteiger partial charge in [-0.3, -0.25) is 9.69 Å². The van der Waals surface area contributed by atoms with E-state index in [1.165, 1.54) is 0 Å². The van der Waals surface area contributed by atoms with Crippen LogP contribution in [-0.4, -0.2) is 49.0 Å². The van der Waals surface area contributed by atoms with Crippen LogP contribution in [0.1, 0.15) is 23.4 Å². The number of hydrogen-bond acceptors (Lipinski definition) is 5. The molecular weight excluding hydrogens is 286 g/mol. The van der Waals surface area contributed by atoms with E-state index in [1.807, 2.05) is 11.4 Å². The Hall–Kier alpha value is -0.920. The molecule has 2 heterocycles. The van der Waals surface area contributed by atoms with Crippen molar-refractivity contribution in [1.82, 2.24) is 4.90 Å². The van der Waals surface area contributed by atoms with Crippen LogP contribution in [0.5, 0.6) is 0 Å². The van der Waals surface area contributed by atoms with E-state index in [0.29, 0.717) is 6.54 Å². The highest BCUT2D eigenvalue weighted by Crippen LogP contribution is 2.33. The van der Waals surface area contributed by atoms with Gasteiger partial charge in [-0.05, 0) is 23.4 Å². The lowest BCUT2D eigenvalue weighted by molar-refractivity contribution is -0.143. The minimum Gasteiger partial charge on any atom is -0.480 e. The van der Waals surface area contributed by atoms with Gasteiger partial charge in [0.05, 0.1) is 5.75 Å². The molecule has 0 aromatic carbocycles. The number of rotatable bonds is 5. The Labute approximate surface area is 116 Å². The summed E-state index contributed by atoms with van der Waals surface area (Å²) in [5.74, 6) is -0.789. The van der Waals surface area contributed by atoms with E-state index >= 15 is 0 Å². The van der Waals surface area contributed by atoms with Crippen molar-refractivity contribution in [1.29, 1.82) is 0 Å². The first-order valence-electron chi connectivity index (χ1n) is 6.18. The lowest BCUT2D eigenvalue weighted by Crippen LogP contribution is -2.41. The van der Waals surface area contributed by atoms with Crippen molar-refractivity contribution >= 4 is 27.1 Å². The van der Waals surface area contributed by atoms with Crippen LogP contribution < -0.4 is 0 Å². The number of sulfone groups is 1. The second-order valence-electron chi connectivity index (χ2n) is 4.56. The van der Waals surface area contributed by atoms with Crippen molar-refractivity contribution < 1.29 is 18.3 Å². The monoisotopic (exact) mass is 303 g/mol. The maximum atomic E-state index is 11.5. The third-order valence-electron chi connectivity index (χ3n) is 3.43. The first-order valence-corrected chi connectivity index (χ1v) is 8.88. The predicted molar refractivity (Wildman–Crippen MR) is 74.3 cm³/mol. The molecule has 1 aromatic rings. The zero-order chi connectivity index (χ0) is 14.0. The van der Waals surface area contributed by atoms with Crippen LogP contribution in [0, 0.1) is 0 Å².